The quantitative estimate of drug-likeness (QED) is 0.710. The van der Waals surface area contributed by atoms with Crippen molar-refractivity contribution >= 4 is 41.0 Å². The molecule has 2 aromatic carbocycles. The minimum atomic E-state index is -0.572. The number of esters is 2. The molecule has 0 bridgehead atoms. The van der Waals surface area contributed by atoms with Gasteiger partial charge in [-0.15, -0.1) is 0 Å². The zero-order chi connectivity index (χ0) is 19.8. The van der Waals surface area contributed by atoms with Crippen LogP contribution in [0.4, 0.5) is 0 Å². The third-order valence-electron chi connectivity index (χ3n) is 3.58. The summed E-state index contributed by atoms with van der Waals surface area (Å²) < 4.78 is 9.56. The van der Waals surface area contributed by atoms with Crippen LogP contribution in [0.25, 0.3) is 0 Å². The average Bonchev–Trinajstić information content (AvgIpc) is 2.66. The lowest BCUT2D eigenvalue weighted by Crippen LogP contribution is -2.28. The molecule has 1 amide bonds. The molecule has 0 aromatic heterocycles. The molecular weight excluding hydrogens is 393 g/mol. The van der Waals surface area contributed by atoms with Crippen LogP contribution in [0.2, 0.25) is 10.0 Å². The smallest absolute Gasteiger partial charge is 0.337 e. The number of carbonyl (C=O) groups excluding carboxylic acids is 3. The summed E-state index contributed by atoms with van der Waals surface area (Å²) in [7, 11) is 1.30. The zero-order valence-electron chi connectivity index (χ0n) is 14.5. The number of hydrogen-bond acceptors (Lipinski definition) is 5. The Bertz CT molecular complexity index is 836. The van der Waals surface area contributed by atoms with Gasteiger partial charge in [-0.25, -0.2) is 4.79 Å². The summed E-state index contributed by atoms with van der Waals surface area (Å²) in [5, 5.41) is 3.45. The van der Waals surface area contributed by atoms with Crippen LogP contribution in [0.1, 0.15) is 21.5 Å². The number of halogens is 2. The molecule has 0 spiro atoms. The molecule has 0 aliphatic rings. The molecule has 2 rings (SSSR count). The van der Waals surface area contributed by atoms with Gasteiger partial charge in [0.05, 0.1) is 19.1 Å². The number of amides is 1. The monoisotopic (exact) mass is 409 g/mol. The van der Waals surface area contributed by atoms with Crippen molar-refractivity contribution in [3.63, 3.8) is 0 Å². The van der Waals surface area contributed by atoms with Crippen molar-refractivity contribution in [2.75, 3.05) is 13.7 Å². The van der Waals surface area contributed by atoms with Crippen molar-refractivity contribution < 1.29 is 23.9 Å². The zero-order valence-corrected chi connectivity index (χ0v) is 16.0. The van der Waals surface area contributed by atoms with Crippen molar-refractivity contribution in [1.82, 2.24) is 5.32 Å². The Balaban J connectivity index is 1.75. The molecule has 0 unspecified atom stereocenters. The summed E-state index contributed by atoms with van der Waals surface area (Å²) in [6, 6.07) is 11.4. The van der Waals surface area contributed by atoms with Crippen molar-refractivity contribution in [2.45, 2.75) is 13.0 Å². The van der Waals surface area contributed by atoms with Crippen LogP contribution in [0, 0.1) is 0 Å². The lowest BCUT2D eigenvalue weighted by molar-refractivity contribution is -0.147. The number of nitrogens with one attached hydrogen (secondary N) is 1. The van der Waals surface area contributed by atoms with Gasteiger partial charge in [-0.05, 0) is 35.4 Å². The third kappa shape index (κ3) is 6.58. The van der Waals surface area contributed by atoms with Gasteiger partial charge < -0.3 is 14.8 Å². The predicted octanol–water partition coefficient (Wildman–Crippen LogP) is 3.18. The van der Waals surface area contributed by atoms with Crippen LogP contribution < -0.4 is 5.32 Å². The number of benzene rings is 2. The molecule has 0 atom stereocenters. The molecule has 0 aliphatic heterocycles. The first-order chi connectivity index (χ1) is 12.9. The molecule has 0 saturated heterocycles. The first-order valence-corrected chi connectivity index (χ1v) is 8.68. The van der Waals surface area contributed by atoms with Crippen LogP contribution in [0.5, 0.6) is 0 Å². The molecule has 27 heavy (non-hydrogen) atoms. The maximum absolute atomic E-state index is 11.8. The Morgan fingerprint density at radius 3 is 2.37 bits per heavy atom. The highest BCUT2D eigenvalue weighted by molar-refractivity contribution is 6.35. The number of ether oxygens (including phenoxy) is 2. The highest BCUT2D eigenvalue weighted by atomic mass is 35.5. The number of methoxy groups -OCH3 is 1. The number of rotatable bonds is 7. The predicted molar refractivity (Wildman–Crippen MR) is 101 cm³/mol. The second kappa shape index (κ2) is 9.94. The minimum absolute atomic E-state index is 0.0573. The molecule has 0 aliphatic carbocycles. The van der Waals surface area contributed by atoms with Crippen LogP contribution in [-0.4, -0.2) is 31.6 Å². The van der Waals surface area contributed by atoms with E-state index in [-0.39, 0.29) is 13.0 Å². The van der Waals surface area contributed by atoms with E-state index < -0.39 is 24.5 Å². The topological polar surface area (TPSA) is 81.7 Å². The first kappa shape index (κ1) is 20.7. The van der Waals surface area contributed by atoms with Crippen molar-refractivity contribution in [2.24, 2.45) is 0 Å². The van der Waals surface area contributed by atoms with E-state index in [4.69, 9.17) is 27.9 Å². The molecule has 2 aromatic rings. The van der Waals surface area contributed by atoms with Gasteiger partial charge in [0.1, 0.15) is 0 Å². The minimum Gasteiger partial charge on any atom is -0.465 e. The highest BCUT2D eigenvalue weighted by Crippen LogP contribution is 2.21. The Labute approximate surface area is 166 Å². The van der Waals surface area contributed by atoms with E-state index in [1.54, 1.807) is 36.4 Å². The summed E-state index contributed by atoms with van der Waals surface area (Å²) >= 11 is 11.8. The van der Waals surface area contributed by atoms with E-state index in [2.05, 4.69) is 10.1 Å². The van der Waals surface area contributed by atoms with E-state index in [9.17, 15) is 14.4 Å². The van der Waals surface area contributed by atoms with Crippen LogP contribution >= 0.6 is 23.2 Å². The standard InChI is InChI=1S/C19H17Cl2NO5/c1-26-19(25)13-4-2-12(3-5-13)10-22-17(23)11-27-18(24)8-14-6-7-15(20)9-16(14)21/h2-7,9H,8,10-11H2,1H3,(H,22,23). The molecule has 8 heteroatoms. The number of hydrogen-bond donors (Lipinski definition) is 1. The second-order valence-electron chi connectivity index (χ2n) is 5.54. The molecule has 1 N–H and O–H groups in total. The lowest BCUT2D eigenvalue weighted by Gasteiger charge is -2.08. The van der Waals surface area contributed by atoms with Crippen LogP contribution in [0.15, 0.2) is 42.5 Å². The molecule has 142 valence electrons. The summed E-state index contributed by atoms with van der Waals surface area (Å²) in [5.41, 5.74) is 1.77. The fraction of sp³-hybridized carbons (Fsp3) is 0.211. The van der Waals surface area contributed by atoms with Crippen molar-refractivity contribution in [3.8, 4) is 0 Å². The fourth-order valence-corrected chi connectivity index (χ4v) is 2.62. The van der Waals surface area contributed by atoms with Gasteiger partial charge >= 0.3 is 11.9 Å². The summed E-state index contributed by atoms with van der Waals surface area (Å²) in [6.45, 7) is -0.162. The van der Waals surface area contributed by atoms with Gasteiger partial charge in [0.25, 0.3) is 5.91 Å². The van der Waals surface area contributed by atoms with Gasteiger partial charge in [0.15, 0.2) is 6.61 Å². The molecule has 6 nitrogen and oxygen atoms in total. The first-order valence-electron chi connectivity index (χ1n) is 7.92. The van der Waals surface area contributed by atoms with E-state index in [1.165, 1.54) is 13.2 Å². The Morgan fingerprint density at radius 1 is 1.04 bits per heavy atom. The molecule has 0 fully saturated rings. The van der Waals surface area contributed by atoms with Crippen molar-refractivity contribution in [1.29, 1.82) is 0 Å². The van der Waals surface area contributed by atoms with Gasteiger partial charge in [0.2, 0.25) is 0 Å². The summed E-state index contributed by atoms with van der Waals surface area (Å²) in [4.78, 5) is 35.0. The largest absolute Gasteiger partial charge is 0.465 e. The highest BCUT2D eigenvalue weighted by Gasteiger charge is 2.11. The maximum atomic E-state index is 11.8. The summed E-state index contributed by atoms with van der Waals surface area (Å²) in [6.07, 6.45) is -0.0573. The van der Waals surface area contributed by atoms with Crippen molar-refractivity contribution in [3.05, 3.63) is 69.2 Å². The summed E-state index contributed by atoms with van der Waals surface area (Å²) in [5.74, 6) is -1.45. The molecule has 0 saturated carbocycles. The Hall–Kier alpha value is -2.57. The second-order valence-corrected chi connectivity index (χ2v) is 6.38. The molecule has 0 radical (unpaired) electrons. The Morgan fingerprint density at radius 2 is 1.74 bits per heavy atom. The van der Waals surface area contributed by atoms with Gasteiger partial charge in [-0.3, -0.25) is 9.59 Å². The molecular formula is C19H17Cl2NO5. The van der Waals surface area contributed by atoms with E-state index in [0.29, 0.717) is 21.2 Å². The average molecular weight is 410 g/mol. The van der Waals surface area contributed by atoms with Gasteiger partial charge in [0, 0.05) is 16.6 Å². The normalized spacial score (nSPS) is 10.2. The van der Waals surface area contributed by atoms with Crippen LogP contribution in [0.3, 0.4) is 0 Å². The van der Waals surface area contributed by atoms with E-state index >= 15 is 0 Å². The maximum Gasteiger partial charge on any atom is 0.337 e. The number of carbonyl (C=O) groups is 3. The third-order valence-corrected chi connectivity index (χ3v) is 4.17. The van der Waals surface area contributed by atoms with Gasteiger partial charge in [-0.1, -0.05) is 41.4 Å². The van der Waals surface area contributed by atoms with E-state index in [0.717, 1.165) is 5.56 Å². The Kier molecular flexibility index (Phi) is 7.64. The van der Waals surface area contributed by atoms with E-state index in [1.807, 2.05) is 0 Å². The fourth-order valence-electron chi connectivity index (χ4n) is 2.15. The van der Waals surface area contributed by atoms with Gasteiger partial charge in [-0.2, -0.15) is 0 Å². The molecule has 0 heterocycles. The lowest BCUT2D eigenvalue weighted by atomic mass is 10.1. The SMILES string of the molecule is COC(=O)c1ccc(CNC(=O)COC(=O)Cc2ccc(Cl)cc2Cl)cc1. The van der Waals surface area contributed by atoms with Crippen LogP contribution in [-0.2, 0) is 32.0 Å².